The predicted octanol–water partition coefficient (Wildman–Crippen LogP) is 3.43. The van der Waals surface area contributed by atoms with Gasteiger partial charge in [-0.2, -0.15) is 0 Å². The lowest BCUT2D eigenvalue weighted by Crippen LogP contribution is -2.47. The first-order valence-corrected chi connectivity index (χ1v) is 10.7. The Morgan fingerprint density at radius 3 is 2.36 bits per heavy atom. The summed E-state index contributed by atoms with van der Waals surface area (Å²) < 4.78 is 0. The fourth-order valence-electron chi connectivity index (χ4n) is 4.00. The highest BCUT2D eigenvalue weighted by Gasteiger charge is 2.27. The normalized spacial score (nSPS) is 16.5. The Morgan fingerprint density at radius 2 is 1.64 bits per heavy atom. The Hall–Kier alpha value is -2.54. The molecule has 6 nitrogen and oxygen atoms in total. The smallest absolute Gasteiger partial charge is 0.185 e. The van der Waals surface area contributed by atoms with Crippen molar-refractivity contribution in [3.8, 4) is 11.4 Å². The molecule has 28 heavy (non-hydrogen) atoms. The molecule has 3 aromatic rings. The minimum Gasteiger partial charge on any atom is -0.353 e. The van der Waals surface area contributed by atoms with Gasteiger partial charge in [0.05, 0.1) is 5.69 Å². The molecule has 3 aromatic heterocycles. The molecule has 0 unspecified atom stereocenters. The van der Waals surface area contributed by atoms with Crippen molar-refractivity contribution in [2.45, 2.75) is 33.1 Å². The Kier molecular flexibility index (Phi) is 4.47. The van der Waals surface area contributed by atoms with E-state index in [1.807, 2.05) is 24.5 Å². The molecule has 1 aliphatic carbocycles. The van der Waals surface area contributed by atoms with Gasteiger partial charge in [0.25, 0.3) is 0 Å². The van der Waals surface area contributed by atoms with Gasteiger partial charge in [-0.3, -0.25) is 4.98 Å². The SMILES string of the molecule is Cc1nc(N2CCN(c3nc(-c4ccncc4)nc4c3CCC4)CC2)sc1C. The average molecular weight is 393 g/mol. The monoisotopic (exact) mass is 392 g/mol. The summed E-state index contributed by atoms with van der Waals surface area (Å²) in [7, 11) is 0. The second kappa shape index (κ2) is 7.13. The van der Waals surface area contributed by atoms with E-state index in [0.717, 1.165) is 67.1 Å². The molecule has 4 heterocycles. The van der Waals surface area contributed by atoms with Gasteiger partial charge in [-0.1, -0.05) is 0 Å². The average Bonchev–Trinajstić information content (AvgIpc) is 3.34. The van der Waals surface area contributed by atoms with Crippen molar-refractivity contribution in [1.82, 2.24) is 19.9 Å². The van der Waals surface area contributed by atoms with Crippen LogP contribution in [-0.4, -0.2) is 46.1 Å². The highest BCUT2D eigenvalue weighted by molar-refractivity contribution is 7.15. The molecular formula is C21H24N6S. The summed E-state index contributed by atoms with van der Waals surface area (Å²) in [6.07, 6.45) is 6.94. The van der Waals surface area contributed by atoms with Crippen LogP contribution in [0.4, 0.5) is 10.9 Å². The van der Waals surface area contributed by atoms with Crippen LogP contribution in [0.25, 0.3) is 11.4 Å². The third-order valence-electron chi connectivity index (χ3n) is 5.72. The van der Waals surface area contributed by atoms with Gasteiger partial charge in [-0.05, 0) is 45.2 Å². The van der Waals surface area contributed by atoms with Gasteiger partial charge in [0.15, 0.2) is 11.0 Å². The number of hydrogen-bond donors (Lipinski definition) is 0. The van der Waals surface area contributed by atoms with Gasteiger partial charge < -0.3 is 9.80 Å². The predicted molar refractivity (Wildman–Crippen MR) is 113 cm³/mol. The lowest BCUT2D eigenvalue weighted by molar-refractivity contribution is 0.642. The van der Waals surface area contributed by atoms with Gasteiger partial charge >= 0.3 is 0 Å². The summed E-state index contributed by atoms with van der Waals surface area (Å²) in [5, 5.41) is 1.15. The van der Waals surface area contributed by atoms with Crippen molar-refractivity contribution in [3.63, 3.8) is 0 Å². The van der Waals surface area contributed by atoms with Crippen LogP contribution < -0.4 is 9.80 Å². The molecule has 0 amide bonds. The van der Waals surface area contributed by atoms with Crippen molar-refractivity contribution in [1.29, 1.82) is 0 Å². The lowest BCUT2D eigenvalue weighted by atomic mass is 10.2. The van der Waals surface area contributed by atoms with Crippen molar-refractivity contribution in [3.05, 3.63) is 46.4 Å². The summed E-state index contributed by atoms with van der Waals surface area (Å²) in [6.45, 7) is 8.15. The number of rotatable bonds is 3. The molecule has 144 valence electrons. The number of anilines is 2. The molecule has 0 N–H and O–H groups in total. The van der Waals surface area contributed by atoms with Crippen LogP contribution >= 0.6 is 11.3 Å². The van der Waals surface area contributed by atoms with Crippen molar-refractivity contribution in [2.75, 3.05) is 36.0 Å². The van der Waals surface area contributed by atoms with Crippen LogP contribution in [0.1, 0.15) is 28.2 Å². The van der Waals surface area contributed by atoms with Gasteiger partial charge in [0.1, 0.15) is 5.82 Å². The zero-order valence-electron chi connectivity index (χ0n) is 16.4. The first-order chi connectivity index (χ1) is 13.7. The zero-order valence-corrected chi connectivity index (χ0v) is 17.2. The number of hydrogen-bond acceptors (Lipinski definition) is 7. The Balaban J connectivity index is 1.41. The maximum atomic E-state index is 5.01. The first-order valence-electron chi connectivity index (χ1n) is 9.93. The van der Waals surface area contributed by atoms with Crippen LogP contribution in [0.2, 0.25) is 0 Å². The first kappa shape index (κ1) is 17.6. The maximum absolute atomic E-state index is 5.01. The minimum atomic E-state index is 0.826. The van der Waals surface area contributed by atoms with Gasteiger partial charge in [0.2, 0.25) is 0 Å². The van der Waals surface area contributed by atoms with Gasteiger partial charge in [-0.15, -0.1) is 11.3 Å². The number of aromatic nitrogens is 4. The summed E-state index contributed by atoms with van der Waals surface area (Å²) in [4.78, 5) is 24.9. The maximum Gasteiger partial charge on any atom is 0.185 e. The second-order valence-corrected chi connectivity index (χ2v) is 8.68. The molecule has 1 fully saturated rings. The number of fused-ring (bicyclic) bond motifs is 1. The number of pyridine rings is 1. The molecule has 0 aromatic carbocycles. The van der Waals surface area contributed by atoms with Crippen LogP contribution in [-0.2, 0) is 12.8 Å². The summed E-state index contributed by atoms with van der Waals surface area (Å²) in [6, 6.07) is 3.98. The van der Waals surface area contributed by atoms with Crippen molar-refractivity contribution >= 4 is 22.3 Å². The van der Waals surface area contributed by atoms with E-state index in [-0.39, 0.29) is 0 Å². The number of thiazole rings is 1. The Morgan fingerprint density at radius 1 is 0.893 bits per heavy atom. The Labute approximate surface area is 169 Å². The van der Waals surface area contributed by atoms with Gasteiger partial charge in [-0.25, -0.2) is 15.0 Å². The van der Waals surface area contributed by atoms with Crippen LogP contribution in [0, 0.1) is 13.8 Å². The fourth-order valence-corrected chi connectivity index (χ4v) is 4.97. The largest absolute Gasteiger partial charge is 0.353 e. The van der Waals surface area contributed by atoms with E-state index in [2.05, 4.69) is 28.6 Å². The molecule has 0 spiro atoms. The number of nitrogens with zero attached hydrogens (tertiary/aromatic N) is 6. The van der Waals surface area contributed by atoms with E-state index in [4.69, 9.17) is 15.0 Å². The molecule has 1 saturated heterocycles. The number of piperazine rings is 1. The van der Waals surface area contributed by atoms with Crippen LogP contribution in [0.5, 0.6) is 0 Å². The molecule has 2 aliphatic rings. The van der Waals surface area contributed by atoms with E-state index in [0.29, 0.717) is 0 Å². The molecule has 0 atom stereocenters. The summed E-state index contributed by atoms with van der Waals surface area (Å²) in [5.74, 6) is 1.96. The van der Waals surface area contributed by atoms with E-state index < -0.39 is 0 Å². The van der Waals surface area contributed by atoms with E-state index in [9.17, 15) is 0 Å². The van der Waals surface area contributed by atoms with Gasteiger partial charge in [0, 0.05) is 60.3 Å². The molecular weight excluding hydrogens is 368 g/mol. The zero-order chi connectivity index (χ0) is 19.1. The van der Waals surface area contributed by atoms with E-state index in [1.54, 1.807) is 11.3 Å². The van der Waals surface area contributed by atoms with E-state index >= 15 is 0 Å². The summed E-state index contributed by atoms with van der Waals surface area (Å²) >= 11 is 1.80. The fraction of sp³-hybridized carbons (Fsp3) is 0.429. The van der Waals surface area contributed by atoms with Crippen LogP contribution in [0.3, 0.4) is 0 Å². The molecule has 7 heteroatoms. The second-order valence-electron chi connectivity index (χ2n) is 7.50. The van der Waals surface area contributed by atoms with E-state index in [1.165, 1.54) is 22.6 Å². The molecule has 5 rings (SSSR count). The molecule has 0 radical (unpaired) electrons. The summed E-state index contributed by atoms with van der Waals surface area (Å²) in [5.41, 5.74) is 4.77. The molecule has 1 aliphatic heterocycles. The minimum absolute atomic E-state index is 0.826. The third kappa shape index (κ3) is 3.13. The lowest BCUT2D eigenvalue weighted by Gasteiger charge is -2.36. The van der Waals surface area contributed by atoms with Crippen molar-refractivity contribution in [2.24, 2.45) is 0 Å². The topological polar surface area (TPSA) is 58.0 Å². The quantitative estimate of drug-likeness (QED) is 0.681. The molecule has 0 bridgehead atoms. The standard InChI is InChI=1S/C21H24N6S/c1-14-15(2)28-21(23-14)27-12-10-26(11-13-27)20-17-4-3-5-18(17)24-19(25-20)16-6-8-22-9-7-16/h6-9H,3-5,10-13H2,1-2H3. The Bertz CT molecular complexity index is 972. The highest BCUT2D eigenvalue weighted by atomic mass is 32.1. The van der Waals surface area contributed by atoms with Crippen LogP contribution in [0.15, 0.2) is 24.5 Å². The molecule has 0 saturated carbocycles. The highest BCUT2D eigenvalue weighted by Crippen LogP contribution is 2.33. The number of aryl methyl sites for hydroxylation is 3. The van der Waals surface area contributed by atoms with Crippen molar-refractivity contribution < 1.29 is 0 Å². The third-order valence-corrected chi connectivity index (χ3v) is 6.85.